The van der Waals surface area contributed by atoms with Crippen LogP contribution in [0.25, 0.3) is 11.1 Å². The fourth-order valence-electron chi connectivity index (χ4n) is 2.66. The number of nitrogens with zero attached hydrogens (tertiary/aromatic N) is 1. The average Bonchev–Trinajstić information content (AvgIpc) is 2.58. The first kappa shape index (κ1) is 16.7. The average molecular weight is 359 g/mol. The molecule has 0 aliphatic heterocycles. The third-order valence-electron chi connectivity index (χ3n) is 3.97. The van der Waals surface area contributed by atoms with Gasteiger partial charge in [-0.1, -0.05) is 65.2 Å². The molecular formula is C19H14Cl2NO2. The van der Waals surface area contributed by atoms with Gasteiger partial charge in [0.1, 0.15) is 0 Å². The molecule has 0 atom stereocenters. The molecule has 0 bridgehead atoms. The topological polar surface area (TPSA) is 43.1 Å². The lowest BCUT2D eigenvalue weighted by Gasteiger charge is -2.20. The van der Waals surface area contributed by atoms with Gasteiger partial charge in [-0.05, 0) is 42.0 Å². The van der Waals surface area contributed by atoms with Crippen LogP contribution < -0.4 is 0 Å². The van der Waals surface area contributed by atoms with E-state index in [1.165, 1.54) is 17.7 Å². The van der Waals surface area contributed by atoms with Crippen LogP contribution >= 0.6 is 23.2 Å². The van der Waals surface area contributed by atoms with Gasteiger partial charge in [-0.2, -0.15) is 0 Å². The van der Waals surface area contributed by atoms with Gasteiger partial charge in [0.15, 0.2) is 0 Å². The molecule has 0 fully saturated rings. The number of hydrogen-bond acceptors (Lipinski definition) is 2. The van der Waals surface area contributed by atoms with Crippen LogP contribution in [-0.4, -0.2) is 4.92 Å². The zero-order chi connectivity index (χ0) is 17.3. The summed E-state index contributed by atoms with van der Waals surface area (Å²) in [4.78, 5) is 10.5. The second kappa shape index (κ2) is 6.80. The van der Waals surface area contributed by atoms with E-state index in [2.05, 4.69) is 0 Å². The summed E-state index contributed by atoms with van der Waals surface area (Å²) in [7, 11) is 0. The van der Waals surface area contributed by atoms with E-state index in [1.54, 1.807) is 12.1 Å². The van der Waals surface area contributed by atoms with Gasteiger partial charge in [0, 0.05) is 12.1 Å². The van der Waals surface area contributed by atoms with Crippen LogP contribution in [0.3, 0.4) is 0 Å². The highest BCUT2D eigenvalue weighted by Crippen LogP contribution is 2.43. The highest BCUT2D eigenvalue weighted by molar-refractivity contribution is 6.48. The number of hydrogen-bond donors (Lipinski definition) is 0. The summed E-state index contributed by atoms with van der Waals surface area (Å²) in [6.45, 7) is 2.03. The molecule has 2 aromatic carbocycles. The van der Waals surface area contributed by atoms with E-state index < -0.39 is 4.92 Å². The first-order valence-corrected chi connectivity index (χ1v) is 8.17. The van der Waals surface area contributed by atoms with Crippen molar-refractivity contribution in [3.63, 3.8) is 0 Å². The van der Waals surface area contributed by atoms with Crippen molar-refractivity contribution in [1.29, 1.82) is 0 Å². The summed E-state index contributed by atoms with van der Waals surface area (Å²) in [5, 5.41) is 11.9. The number of non-ortho nitro benzene ring substituents is 1. The molecule has 2 aromatic rings. The van der Waals surface area contributed by atoms with Gasteiger partial charge in [0.2, 0.25) is 0 Å². The molecule has 121 valence electrons. The number of aryl methyl sites for hydroxylation is 1. The molecule has 0 saturated carbocycles. The predicted molar refractivity (Wildman–Crippen MR) is 98.7 cm³/mol. The van der Waals surface area contributed by atoms with Gasteiger partial charge in [-0.15, -0.1) is 0 Å². The fourth-order valence-corrected chi connectivity index (χ4v) is 3.25. The lowest BCUT2D eigenvalue weighted by molar-refractivity contribution is -0.384. The van der Waals surface area contributed by atoms with E-state index in [-0.39, 0.29) is 5.69 Å². The van der Waals surface area contributed by atoms with Crippen molar-refractivity contribution in [2.75, 3.05) is 0 Å². The van der Waals surface area contributed by atoms with Gasteiger partial charge in [-0.25, -0.2) is 0 Å². The van der Waals surface area contributed by atoms with Gasteiger partial charge >= 0.3 is 0 Å². The summed E-state index contributed by atoms with van der Waals surface area (Å²) in [6, 6.07) is 14.5. The van der Waals surface area contributed by atoms with Crippen molar-refractivity contribution in [3.05, 3.63) is 91.8 Å². The van der Waals surface area contributed by atoms with Crippen molar-refractivity contribution in [2.45, 2.75) is 13.3 Å². The normalized spacial score (nSPS) is 15.0. The molecular weight excluding hydrogens is 345 g/mol. The van der Waals surface area contributed by atoms with Crippen LogP contribution in [0, 0.1) is 23.5 Å². The molecule has 5 heteroatoms. The third-order valence-corrected chi connectivity index (χ3v) is 4.88. The maximum Gasteiger partial charge on any atom is 0.270 e. The smallest absolute Gasteiger partial charge is 0.258 e. The van der Waals surface area contributed by atoms with Crippen LogP contribution in [0.2, 0.25) is 0 Å². The monoisotopic (exact) mass is 358 g/mol. The number of allylic oxidation sites excluding steroid dienone is 4. The summed E-state index contributed by atoms with van der Waals surface area (Å²) in [5.74, 6) is 0. The van der Waals surface area contributed by atoms with Gasteiger partial charge in [0.25, 0.3) is 5.69 Å². The lowest BCUT2D eigenvalue weighted by atomic mass is 9.89. The number of nitro groups is 1. The van der Waals surface area contributed by atoms with Crippen molar-refractivity contribution in [2.24, 2.45) is 0 Å². The summed E-state index contributed by atoms with van der Waals surface area (Å²) in [5.41, 5.74) is 4.60. The molecule has 1 radical (unpaired) electrons. The molecule has 3 rings (SSSR count). The fraction of sp³-hybridized carbons (Fsp3) is 0.105. The molecule has 0 unspecified atom stereocenters. The Morgan fingerprint density at radius 1 is 1.00 bits per heavy atom. The quantitative estimate of drug-likeness (QED) is 0.490. The van der Waals surface area contributed by atoms with Gasteiger partial charge in [-0.3, -0.25) is 10.1 Å². The second-order valence-electron chi connectivity index (χ2n) is 5.60. The molecule has 0 spiro atoms. The largest absolute Gasteiger partial charge is 0.270 e. The number of benzene rings is 2. The minimum Gasteiger partial charge on any atom is -0.258 e. The Bertz CT molecular complexity index is 867. The highest BCUT2D eigenvalue weighted by atomic mass is 35.5. The van der Waals surface area contributed by atoms with Crippen molar-refractivity contribution >= 4 is 40.0 Å². The van der Waals surface area contributed by atoms with Crippen LogP contribution in [-0.2, 0) is 0 Å². The first-order valence-electron chi connectivity index (χ1n) is 7.41. The van der Waals surface area contributed by atoms with E-state index in [0.29, 0.717) is 22.0 Å². The maximum atomic E-state index is 11.0. The standard InChI is InChI=1S/C19H14Cl2NO2/c1-12-5-7-13(8-6-12)16-9-10-17(19(21)18(16)20)14-3-2-4-15(11-14)22(23)24/h2-8,10-11H,9H2,1H3. The Hall–Kier alpha value is -2.10. The Morgan fingerprint density at radius 3 is 2.38 bits per heavy atom. The van der Waals surface area contributed by atoms with Crippen molar-refractivity contribution in [3.8, 4) is 0 Å². The van der Waals surface area contributed by atoms with E-state index in [4.69, 9.17) is 23.2 Å². The molecule has 0 aromatic heterocycles. The molecule has 3 nitrogen and oxygen atoms in total. The lowest BCUT2D eigenvalue weighted by Crippen LogP contribution is -2.01. The van der Waals surface area contributed by atoms with Crippen LogP contribution in [0.1, 0.15) is 23.1 Å². The number of halogens is 2. The number of rotatable bonds is 3. The SMILES string of the molecule is Cc1ccc(C2=C(Cl)C(Cl)=C(c3cccc([N+](=O)[O-])c3)[CH]C2)cc1. The molecule has 1 aliphatic carbocycles. The van der Waals surface area contributed by atoms with Crippen molar-refractivity contribution in [1.82, 2.24) is 0 Å². The minimum atomic E-state index is -0.421. The highest BCUT2D eigenvalue weighted by Gasteiger charge is 2.22. The maximum absolute atomic E-state index is 11.0. The van der Waals surface area contributed by atoms with E-state index >= 15 is 0 Å². The molecule has 1 aliphatic rings. The molecule has 0 amide bonds. The second-order valence-corrected chi connectivity index (χ2v) is 6.36. The van der Waals surface area contributed by atoms with Crippen molar-refractivity contribution < 1.29 is 4.92 Å². The summed E-state index contributed by atoms with van der Waals surface area (Å²) < 4.78 is 0. The zero-order valence-electron chi connectivity index (χ0n) is 12.9. The number of nitro benzene ring substituents is 1. The molecule has 0 N–H and O–H groups in total. The van der Waals surface area contributed by atoms with E-state index in [1.807, 2.05) is 37.6 Å². The summed E-state index contributed by atoms with van der Waals surface area (Å²) in [6.07, 6.45) is 2.58. The summed E-state index contributed by atoms with van der Waals surface area (Å²) >= 11 is 13.0. The van der Waals surface area contributed by atoms with Gasteiger partial charge < -0.3 is 0 Å². The Morgan fingerprint density at radius 2 is 1.71 bits per heavy atom. The Kier molecular flexibility index (Phi) is 4.74. The predicted octanol–water partition coefficient (Wildman–Crippen LogP) is 6.11. The zero-order valence-corrected chi connectivity index (χ0v) is 14.4. The Labute approximate surface area is 150 Å². The minimum absolute atomic E-state index is 0.0299. The van der Waals surface area contributed by atoms with E-state index in [9.17, 15) is 10.1 Å². The van der Waals surface area contributed by atoms with Crippen LogP contribution in [0.4, 0.5) is 5.69 Å². The van der Waals surface area contributed by atoms with Crippen LogP contribution in [0.15, 0.2) is 58.6 Å². The molecule has 24 heavy (non-hydrogen) atoms. The Balaban J connectivity index is 2.04. The van der Waals surface area contributed by atoms with Gasteiger partial charge in [0.05, 0.1) is 15.0 Å². The first-order chi connectivity index (χ1) is 11.5. The molecule has 0 heterocycles. The van der Waals surface area contributed by atoms with Crippen LogP contribution in [0.5, 0.6) is 0 Å². The molecule has 0 saturated heterocycles. The third kappa shape index (κ3) is 3.23. The van der Waals surface area contributed by atoms with E-state index in [0.717, 1.165) is 16.7 Å².